The van der Waals surface area contributed by atoms with E-state index in [4.69, 9.17) is 33.2 Å². The Bertz CT molecular complexity index is 742. The zero-order chi connectivity index (χ0) is 16.7. The molecule has 2 aromatic carbocycles. The van der Waals surface area contributed by atoms with Crippen LogP contribution in [0.25, 0.3) is 0 Å². The standard InChI is InChI=1S/C17H14Cl2N2O2/c18-14-5-6-16(13(9-14)10-21-17(22)7-8-20)23-11-12-3-1-2-4-15(12)19/h1-6,9H,7,10-11H2,(H,21,22). The van der Waals surface area contributed by atoms with E-state index in [0.29, 0.717) is 22.4 Å². The number of amides is 1. The summed E-state index contributed by atoms with van der Waals surface area (Å²) in [5.74, 6) is 0.260. The maximum Gasteiger partial charge on any atom is 0.234 e. The fourth-order valence-corrected chi connectivity index (χ4v) is 2.31. The molecule has 1 amide bonds. The van der Waals surface area contributed by atoms with Crippen molar-refractivity contribution < 1.29 is 9.53 Å². The topological polar surface area (TPSA) is 62.1 Å². The minimum absolute atomic E-state index is 0.184. The van der Waals surface area contributed by atoms with Crippen molar-refractivity contribution in [2.45, 2.75) is 19.6 Å². The zero-order valence-electron chi connectivity index (χ0n) is 12.2. The largest absolute Gasteiger partial charge is 0.488 e. The Balaban J connectivity index is 2.08. The van der Waals surface area contributed by atoms with Gasteiger partial charge in [0.2, 0.25) is 5.91 Å². The van der Waals surface area contributed by atoms with Gasteiger partial charge in [-0.1, -0.05) is 41.4 Å². The van der Waals surface area contributed by atoms with Crippen molar-refractivity contribution in [1.82, 2.24) is 5.32 Å². The molecule has 0 aromatic heterocycles. The van der Waals surface area contributed by atoms with Gasteiger partial charge >= 0.3 is 0 Å². The molecule has 2 aromatic rings. The van der Waals surface area contributed by atoms with Gasteiger partial charge in [-0.2, -0.15) is 5.26 Å². The molecule has 0 spiro atoms. The van der Waals surface area contributed by atoms with Crippen LogP contribution in [0.1, 0.15) is 17.5 Å². The molecule has 0 unspecified atom stereocenters. The summed E-state index contributed by atoms with van der Waals surface area (Å²) in [7, 11) is 0. The van der Waals surface area contributed by atoms with Crippen molar-refractivity contribution in [2.24, 2.45) is 0 Å². The predicted molar refractivity (Wildman–Crippen MR) is 89.3 cm³/mol. The summed E-state index contributed by atoms with van der Waals surface area (Å²) >= 11 is 12.1. The van der Waals surface area contributed by atoms with Gasteiger partial charge in [0.15, 0.2) is 0 Å². The minimum atomic E-state index is -0.343. The number of carbonyl (C=O) groups is 1. The van der Waals surface area contributed by atoms with Crippen LogP contribution in [0.4, 0.5) is 0 Å². The third kappa shape index (κ3) is 5.17. The van der Waals surface area contributed by atoms with E-state index in [1.165, 1.54) is 0 Å². The lowest BCUT2D eigenvalue weighted by Crippen LogP contribution is -2.22. The van der Waals surface area contributed by atoms with Crippen LogP contribution >= 0.6 is 23.2 Å². The number of hydrogen-bond donors (Lipinski definition) is 1. The summed E-state index contributed by atoms with van der Waals surface area (Å²) in [5, 5.41) is 12.3. The average Bonchev–Trinajstić information content (AvgIpc) is 2.53. The van der Waals surface area contributed by atoms with Gasteiger partial charge in [0, 0.05) is 27.7 Å². The van der Waals surface area contributed by atoms with Gasteiger partial charge in [0.05, 0.1) is 6.07 Å². The summed E-state index contributed by atoms with van der Waals surface area (Å²) in [6, 6.07) is 14.4. The van der Waals surface area contributed by atoms with Crippen LogP contribution in [0, 0.1) is 11.3 Å². The molecule has 0 bridgehead atoms. The third-order valence-electron chi connectivity index (χ3n) is 3.08. The van der Waals surface area contributed by atoms with E-state index in [2.05, 4.69) is 5.32 Å². The maximum absolute atomic E-state index is 11.4. The summed E-state index contributed by atoms with van der Waals surface area (Å²) in [4.78, 5) is 11.4. The van der Waals surface area contributed by atoms with Gasteiger partial charge in [-0.05, 0) is 24.3 Å². The first-order chi connectivity index (χ1) is 11.1. The van der Waals surface area contributed by atoms with Crippen LogP contribution < -0.4 is 10.1 Å². The lowest BCUT2D eigenvalue weighted by atomic mass is 10.2. The van der Waals surface area contributed by atoms with E-state index in [9.17, 15) is 4.79 Å². The first-order valence-electron chi connectivity index (χ1n) is 6.88. The molecule has 0 heterocycles. The van der Waals surface area contributed by atoms with Crippen LogP contribution in [-0.2, 0) is 17.9 Å². The predicted octanol–water partition coefficient (Wildman–Crippen LogP) is 4.10. The number of rotatable bonds is 6. The fourth-order valence-electron chi connectivity index (χ4n) is 1.93. The Hall–Kier alpha value is -2.22. The number of nitriles is 1. The maximum atomic E-state index is 11.4. The highest BCUT2D eigenvalue weighted by molar-refractivity contribution is 6.31. The Morgan fingerprint density at radius 1 is 1.17 bits per heavy atom. The number of ether oxygens (including phenoxy) is 1. The van der Waals surface area contributed by atoms with Crippen molar-refractivity contribution in [3.05, 3.63) is 63.6 Å². The van der Waals surface area contributed by atoms with Crippen LogP contribution in [-0.4, -0.2) is 5.91 Å². The molecule has 4 nitrogen and oxygen atoms in total. The highest BCUT2D eigenvalue weighted by atomic mass is 35.5. The number of hydrogen-bond acceptors (Lipinski definition) is 3. The van der Waals surface area contributed by atoms with E-state index < -0.39 is 0 Å². The van der Waals surface area contributed by atoms with Crippen molar-refractivity contribution in [2.75, 3.05) is 0 Å². The Morgan fingerprint density at radius 3 is 2.70 bits per heavy atom. The lowest BCUT2D eigenvalue weighted by Gasteiger charge is -2.13. The molecule has 118 valence electrons. The highest BCUT2D eigenvalue weighted by Crippen LogP contribution is 2.25. The van der Waals surface area contributed by atoms with Crippen LogP contribution in [0.2, 0.25) is 10.0 Å². The molecule has 0 aliphatic carbocycles. The molecule has 0 aliphatic heterocycles. The first kappa shape index (κ1) is 17.1. The van der Waals surface area contributed by atoms with Crippen LogP contribution in [0.5, 0.6) is 5.75 Å². The molecule has 23 heavy (non-hydrogen) atoms. The van der Waals surface area contributed by atoms with E-state index in [1.807, 2.05) is 18.2 Å². The SMILES string of the molecule is N#CCC(=O)NCc1cc(Cl)ccc1OCc1ccccc1Cl. The fraction of sp³-hybridized carbons (Fsp3) is 0.176. The van der Waals surface area contributed by atoms with E-state index in [-0.39, 0.29) is 18.9 Å². The third-order valence-corrected chi connectivity index (χ3v) is 3.68. The average molecular weight is 349 g/mol. The quantitative estimate of drug-likeness (QED) is 0.854. The van der Waals surface area contributed by atoms with Gasteiger partial charge in [-0.15, -0.1) is 0 Å². The Kier molecular flexibility index (Phi) is 6.28. The minimum Gasteiger partial charge on any atom is -0.488 e. The van der Waals surface area contributed by atoms with E-state index in [1.54, 1.807) is 30.3 Å². The number of nitrogens with zero attached hydrogens (tertiary/aromatic N) is 1. The van der Waals surface area contributed by atoms with Crippen molar-refractivity contribution in [3.63, 3.8) is 0 Å². The zero-order valence-corrected chi connectivity index (χ0v) is 13.7. The number of carbonyl (C=O) groups excluding carboxylic acids is 1. The summed E-state index contributed by atoms with van der Waals surface area (Å²) in [6.45, 7) is 0.541. The van der Waals surface area contributed by atoms with Crippen molar-refractivity contribution >= 4 is 29.1 Å². The molecule has 1 N–H and O–H groups in total. The van der Waals surface area contributed by atoms with Gasteiger partial charge in [-0.25, -0.2) is 0 Å². The molecule has 6 heteroatoms. The van der Waals surface area contributed by atoms with Crippen LogP contribution in [0.3, 0.4) is 0 Å². The molecule has 0 aliphatic rings. The number of benzene rings is 2. The monoisotopic (exact) mass is 348 g/mol. The first-order valence-corrected chi connectivity index (χ1v) is 7.64. The highest BCUT2D eigenvalue weighted by Gasteiger charge is 2.08. The molecule has 0 saturated heterocycles. The van der Waals surface area contributed by atoms with Gasteiger partial charge in [-0.3, -0.25) is 4.79 Å². The lowest BCUT2D eigenvalue weighted by molar-refractivity contribution is -0.120. The second-order valence-corrected chi connectivity index (χ2v) is 5.59. The van der Waals surface area contributed by atoms with E-state index in [0.717, 1.165) is 11.1 Å². The molecule has 0 saturated carbocycles. The number of halogens is 2. The molecule has 0 fully saturated rings. The molecule has 0 radical (unpaired) electrons. The number of nitrogens with one attached hydrogen (secondary N) is 1. The molecule has 0 atom stereocenters. The smallest absolute Gasteiger partial charge is 0.234 e. The summed E-state index contributed by atoms with van der Waals surface area (Å²) in [6.07, 6.45) is -0.184. The molecular formula is C17H14Cl2N2O2. The second-order valence-electron chi connectivity index (χ2n) is 4.74. The second kappa shape index (κ2) is 8.42. The van der Waals surface area contributed by atoms with Crippen molar-refractivity contribution in [1.29, 1.82) is 5.26 Å². The Morgan fingerprint density at radius 2 is 1.96 bits per heavy atom. The van der Waals surface area contributed by atoms with Gasteiger partial charge in [0.25, 0.3) is 0 Å². The van der Waals surface area contributed by atoms with Gasteiger partial charge in [0.1, 0.15) is 18.8 Å². The Labute approximate surface area is 144 Å². The normalized spacial score (nSPS) is 9.96. The summed E-state index contributed by atoms with van der Waals surface area (Å²) < 4.78 is 5.79. The van der Waals surface area contributed by atoms with Crippen LogP contribution in [0.15, 0.2) is 42.5 Å². The summed E-state index contributed by atoms with van der Waals surface area (Å²) in [5.41, 5.74) is 1.60. The van der Waals surface area contributed by atoms with E-state index >= 15 is 0 Å². The molecular weight excluding hydrogens is 335 g/mol. The van der Waals surface area contributed by atoms with Gasteiger partial charge < -0.3 is 10.1 Å². The molecule has 2 rings (SSSR count). The van der Waals surface area contributed by atoms with Crippen molar-refractivity contribution in [3.8, 4) is 11.8 Å².